The van der Waals surface area contributed by atoms with Crippen molar-refractivity contribution >= 4 is 46.4 Å². The van der Waals surface area contributed by atoms with Gasteiger partial charge in [-0.1, -0.05) is 35.3 Å². The molecule has 2 atom stereocenters. The van der Waals surface area contributed by atoms with Crippen LogP contribution < -0.4 is 21.3 Å². The van der Waals surface area contributed by atoms with Gasteiger partial charge in [0.2, 0.25) is 0 Å². The zero-order chi connectivity index (χ0) is 33.9. The summed E-state index contributed by atoms with van der Waals surface area (Å²) in [7, 11) is 0. The molecule has 0 radical (unpaired) electrons. The average Bonchev–Trinajstić information content (AvgIpc) is 3.14. The number of hydrogen-bond donors (Lipinski definition) is 4. The van der Waals surface area contributed by atoms with Gasteiger partial charge in [-0.15, -0.1) is 0 Å². The Bertz CT molecular complexity index is 1700. The van der Waals surface area contributed by atoms with Gasteiger partial charge in [0.05, 0.1) is 58.0 Å². The Balaban J connectivity index is 0.000000188. The fourth-order valence-corrected chi connectivity index (χ4v) is 5.27. The lowest BCUT2D eigenvalue weighted by Gasteiger charge is -2.24. The largest absolute Gasteiger partial charge is 0.371 e. The summed E-state index contributed by atoms with van der Waals surface area (Å²) < 4.78 is 11.4. The van der Waals surface area contributed by atoms with Crippen molar-refractivity contribution in [3.8, 4) is 12.1 Å². The number of carbonyl (C=O) groups excluding carboxylic acids is 2. The molecular formula is C34H30Cl2N8O4. The van der Waals surface area contributed by atoms with Gasteiger partial charge in [0.1, 0.15) is 23.5 Å². The molecule has 2 saturated heterocycles. The monoisotopic (exact) mass is 684 g/mol. The fraction of sp³-hybridized carbons (Fsp3) is 0.235. The molecule has 0 aliphatic carbocycles. The maximum absolute atomic E-state index is 12.2. The molecule has 2 amide bonds. The van der Waals surface area contributed by atoms with Crippen molar-refractivity contribution in [2.45, 2.75) is 12.2 Å². The van der Waals surface area contributed by atoms with Gasteiger partial charge in [-0.3, -0.25) is 9.59 Å². The van der Waals surface area contributed by atoms with Gasteiger partial charge >= 0.3 is 0 Å². The quantitative estimate of drug-likeness (QED) is 0.215. The van der Waals surface area contributed by atoms with Crippen LogP contribution >= 0.6 is 23.2 Å². The van der Waals surface area contributed by atoms with Gasteiger partial charge in [0, 0.05) is 38.6 Å². The molecule has 2 aliphatic heterocycles. The van der Waals surface area contributed by atoms with Gasteiger partial charge in [0.15, 0.2) is 0 Å². The minimum absolute atomic E-state index is 0.0382. The highest BCUT2D eigenvalue weighted by Crippen LogP contribution is 2.29. The summed E-state index contributed by atoms with van der Waals surface area (Å²) in [5.41, 5.74) is 4.17. The smallest absolute Gasteiger partial charge is 0.274 e. The SMILES string of the molecule is N#Cc1ccc(C(=O)Nc2ccc([C@@H]3CNCCO3)cc2Cl)nc1.N#Cc1ccc(C(=O)Nc2ccc([C@H]3CNCCO3)cc2Cl)cn1. The van der Waals surface area contributed by atoms with Crippen molar-refractivity contribution in [1.82, 2.24) is 20.6 Å². The first kappa shape index (κ1) is 34.4. The number of hydrogen-bond acceptors (Lipinski definition) is 10. The van der Waals surface area contributed by atoms with E-state index in [9.17, 15) is 9.59 Å². The summed E-state index contributed by atoms with van der Waals surface area (Å²) in [6.07, 6.45) is 2.63. The van der Waals surface area contributed by atoms with Crippen LogP contribution in [0.3, 0.4) is 0 Å². The Kier molecular flexibility index (Phi) is 12.0. The van der Waals surface area contributed by atoms with Gasteiger partial charge in [-0.2, -0.15) is 10.5 Å². The number of nitrogens with one attached hydrogen (secondary N) is 4. The van der Waals surface area contributed by atoms with Gasteiger partial charge < -0.3 is 30.7 Å². The van der Waals surface area contributed by atoms with E-state index in [0.717, 1.165) is 37.3 Å². The summed E-state index contributed by atoms with van der Waals surface area (Å²) in [4.78, 5) is 32.3. The first-order valence-electron chi connectivity index (χ1n) is 14.9. The van der Waals surface area contributed by atoms with Crippen LogP contribution in [0.5, 0.6) is 0 Å². The Morgan fingerprint density at radius 1 is 0.750 bits per heavy atom. The standard InChI is InChI=1S/2C17H15ClN4O2/c18-14-7-11(16-10-20-5-6-24-16)2-4-15(14)22-17(23)12-1-3-13(8-19)21-9-12;18-13-7-12(16-10-20-5-6-24-16)2-4-14(13)22-17(23)15-3-1-11(8-19)9-21-15/h2*1-4,7,9,16,20H,5-6,10H2,(H,22,23)/t2*16-/m10/s1. The molecule has 2 aromatic carbocycles. The zero-order valence-corrected chi connectivity index (χ0v) is 27.0. The highest BCUT2D eigenvalue weighted by atomic mass is 35.5. The number of ether oxygens (including phenoxy) is 2. The second-order valence-corrected chi connectivity index (χ2v) is 11.4. The second kappa shape index (κ2) is 16.8. The van der Waals surface area contributed by atoms with Gasteiger partial charge in [-0.05, 0) is 59.7 Å². The average molecular weight is 686 g/mol. The molecule has 2 fully saturated rings. The Hall–Kier alpha value is -4.92. The maximum atomic E-state index is 12.2. The van der Waals surface area contributed by atoms with Crippen molar-refractivity contribution in [3.63, 3.8) is 0 Å². The van der Waals surface area contributed by atoms with Crippen molar-refractivity contribution in [1.29, 1.82) is 10.5 Å². The number of morpholine rings is 2. The summed E-state index contributed by atoms with van der Waals surface area (Å²) >= 11 is 12.6. The van der Waals surface area contributed by atoms with E-state index in [1.54, 1.807) is 36.4 Å². The van der Waals surface area contributed by atoms with Crippen molar-refractivity contribution < 1.29 is 19.1 Å². The third kappa shape index (κ3) is 9.12. The lowest BCUT2D eigenvalue weighted by atomic mass is 10.1. The third-order valence-corrected chi connectivity index (χ3v) is 7.97. The highest BCUT2D eigenvalue weighted by Gasteiger charge is 2.19. The van der Waals surface area contributed by atoms with E-state index >= 15 is 0 Å². The number of nitriles is 2. The van der Waals surface area contributed by atoms with Crippen LogP contribution in [0.1, 0.15) is 55.4 Å². The van der Waals surface area contributed by atoms with Crippen LogP contribution in [0.2, 0.25) is 10.0 Å². The summed E-state index contributed by atoms with van der Waals surface area (Å²) in [6.45, 7) is 4.47. The molecule has 14 heteroatoms. The third-order valence-electron chi connectivity index (χ3n) is 7.35. The lowest BCUT2D eigenvalue weighted by molar-refractivity contribution is 0.0276. The van der Waals surface area contributed by atoms with E-state index in [2.05, 4.69) is 31.2 Å². The molecule has 4 N–H and O–H groups in total. The van der Waals surface area contributed by atoms with Gasteiger partial charge in [-0.25, -0.2) is 9.97 Å². The van der Waals surface area contributed by atoms with E-state index in [-0.39, 0.29) is 35.4 Å². The zero-order valence-electron chi connectivity index (χ0n) is 25.5. The first-order chi connectivity index (χ1) is 23.3. The predicted molar refractivity (Wildman–Crippen MR) is 180 cm³/mol. The van der Waals surface area contributed by atoms with Gasteiger partial charge in [0.25, 0.3) is 11.8 Å². The molecule has 12 nitrogen and oxygen atoms in total. The Labute approximate surface area is 287 Å². The number of aromatic nitrogens is 2. The fourth-order valence-electron chi connectivity index (χ4n) is 4.79. The summed E-state index contributed by atoms with van der Waals surface area (Å²) in [5, 5.41) is 30.3. The predicted octanol–water partition coefficient (Wildman–Crippen LogP) is 5.04. The number of halogens is 2. The van der Waals surface area contributed by atoms with E-state index < -0.39 is 0 Å². The Morgan fingerprint density at radius 3 is 1.79 bits per heavy atom. The molecular weight excluding hydrogens is 655 g/mol. The molecule has 0 saturated carbocycles. The minimum atomic E-state index is -0.385. The number of amides is 2. The van der Waals surface area contributed by atoms with E-state index in [1.807, 2.05) is 24.3 Å². The van der Waals surface area contributed by atoms with Crippen LogP contribution in [-0.4, -0.2) is 61.2 Å². The lowest BCUT2D eigenvalue weighted by Crippen LogP contribution is -2.33. The molecule has 2 aliphatic rings. The molecule has 4 aromatic rings. The molecule has 0 unspecified atom stereocenters. The Morgan fingerprint density at radius 2 is 1.35 bits per heavy atom. The number of pyridine rings is 2. The van der Waals surface area contributed by atoms with E-state index in [4.69, 9.17) is 43.2 Å². The van der Waals surface area contributed by atoms with E-state index in [0.29, 0.717) is 45.8 Å². The summed E-state index contributed by atoms with van der Waals surface area (Å²) in [5.74, 6) is -0.720. The van der Waals surface area contributed by atoms with Crippen LogP contribution in [0.25, 0.3) is 0 Å². The van der Waals surface area contributed by atoms with Crippen LogP contribution in [0, 0.1) is 22.7 Å². The topological polar surface area (TPSA) is 174 Å². The molecule has 48 heavy (non-hydrogen) atoms. The molecule has 0 bridgehead atoms. The number of rotatable bonds is 6. The number of anilines is 2. The number of benzene rings is 2. The second-order valence-electron chi connectivity index (χ2n) is 10.6. The number of carbonyl (C=O) groups is 2. The van der Waals surface area contributed by atoms with Crippen molar-refractivity contribution in [2.75, 3.05) is 50.0 Å². The molecule has 244 valence electrons. The van der Waals surface area contributed by atoms with Crippen LogP contribution in [-0.2, 0) is 9.47 Å². The molecule has 2 aromatic heterocycles. The normalized spacial score (nSPS) is 17.1. The molecule has 0 spiro atoms. The van der Waals surface area contributed by atoms with Crippen molar-refractivity contribution in [3.05, 3.63) is 117 Å². The number of nitrogens with zero attached hydrogens (tertiary/aromatic N) is 4. The highest BCUT2D eigenvalue weighted by molar-refractivity contribution is 6.34. The van der Waals surface area contributed by atoms with E-state index in [1.165, 1.54) is 24.5 Å². The van der Waals surface area contributed by atoms with Crippen LogP contribution in [0.4, 0.5) is 11.4 Å². The minimum Gasteiger partial charge on any atom is -0.371 e. The van der Waals surface area contributed by atoms with Crippen molar-refractivity contribution in [2.24, 2.45) is 0 Å². The molecule has 6 rings (SSSR count). The maximum Gasteiger partial charge on any atom is 0.274 e. The summed E-state index contributed by atoms with van der Waals surface area (Å²) in [6, 6.07) is 20.8. The first-order valence-corrected chi connectivity index (χ1v) is 15.7. The molecule has 4 heterocycles. The van der Waals surface area contributed by atoms with Crippen LogP contribution in [0.15, 0.2) is 73.1 Å².